The molecule has 1 heterocycles. The summed E-state index contributed by atoms with van der Waals surface area (Å²) < 4.78 is 28.5. The normalized spacial score (nSPS) is 18.8. The second-order valence-corrected chi connectivity index (χ2v) is 8.45. The van der Waals surface area contributed by atoms with Gasteiger partial charge in [0.05, 0.1) is 4.90 Å². The van der Waals surface area contributed by atoms with Gasteiger partial charge in [0, 0.05) is 15.4 Å². The van der Waals surface area contributed by atoms with Crippen molar-refractivity contribution in [3.8, 4) is 0 Å². The third-order valence-corrected chi connectivity index (χ3v) is 6.41. The molecule has 1 aromatic carbocycles. The van der Waals surface area contributed by atoms with Crippen LogP contribution in [-0.2, 0) is 16.4 Å². The smallest absolute Gasteiger partial charge is 0.207 e. The van der Waals surface area contributed by atoms with Gasteiger partial charge in [0.2, 0.25) is 10.0 Å². The van der Waals surface area contributed by atoms with Crippen LogP contribution in [0.15, 0.2) is 45.1 Å². The number of hydrogen-bond donors (Lipinski definition) is 1. The lowest BCUT2D eigenvalue weighted by Crippen LogP contribution is -2.30. The SMILES string of the molecule is O=S(=O)(NC1CCCc2sccc21)c1cccc(Br)c1. The van der Waals surface area contributed by atoms with Gasteiger partial charge in [0.25, 0.3) is 0 Å². The van der Waals surface area contributed by atoms with Crippen molar-refractivity contribution in [1.82, 2.24) is 4.72 Å². The summed E-state index contributed by atoms with van der Waals surface area (Å²) in [6, 6.07) is 8.72. The van der Waals surface area contributed by atoms with Crippen LogP contribution in [-0.4, -0.2) is 8.42 Å². The molecule has 0 fully saturated rings. The van der Waals surface area contributed by atoms with Crippen LogP contribution >= 0.6 is 27.3 Å². The van der Waals surface area contributed by atoms with Gasteiger partial charge in [-0.25, -0.2) is 13.1 Å². The van der Waals surface area contributed by atoms with Crippen LogP contribution in [0.3, 0.4) is 0 Å². The Kier molecular flexibility index (Phi) is 3.99. The molecule has 0 bridgehead atoms. The fourth-order valence-corrected chi connectivity index (χ4v) is 5.33. The summed E-state index contributed by atoms with van der Waals surface area (Å²) in [5, 5.41) is 2.04. The van der Waals surface area contributed by atoms with Gasteiger partial charge in [0.15, 0.2) is 0 Å². The molecule has 3 rings (SSSR count). The monoisotopic (exact) mass is 371 g/mol. The van der Waals surface area contributed by atoms with Gasteiger partial charge in [-0.2, -0.15) is 0 Å². The van der Waals surface area contributed by atoms with E-state index in [2.05, 4.69) is 20.7 Å². The largest absolute Gasteiger partial charge is 0.241 e. The first-order valence-electron chi connectivity index (χ1n) is 6.40. The minimum Gasteiger partial charge on any atom is -0.207 e. The molecule has 20 heavy (non-hydrogen) atoms. The molecule has 1 unspecified atom stereocenters. The van der Waals surface area contributed by atoms with Gasteiger partial charge in [-0.05, 0) is 54.5 Å². The van der Waals surface area contributed by atoms with E-state index in [1.54, 1.807) is 29.5 Å². The van der Waals surface area contributed by atoms with E-state index in [4.69, 9.17) is 0 Å². The molecule has 6 heteroatoms. The molecule has 106 valence electrons. The van der Waals surface area contributed by atoms with Gasteiger partial charge in [-0.3, -0.25) is 0 Å². The van der Waals surface area contributed by atoms with Gasteiger partial charge < -0.3 is 0 Å². The molecule has 0 spiro atoms. The second kappa shape index (κ2) is 5.60. The molecule has 2 aromatic rings. The molecule has 0 saturated carbocycles. The number of thiophene rings is 1. The van der Waals surface area contributed by atoms with Crippen LogP contribution in [0.25, 0.3) is 0 Å². The van der Waals surface area contributed by atoms with E-state index in [9.17, 15) is 8.42 Å². The Morgan fingerprint density at radius 2 is 2.15 bits per heavy atom. The zero-order chi connectivity index (χ0) is 14.2. The average Bonchev–Trinajstić information content (AvgIpc) is 2.88. The van der Waals surface area contributed by atoms with Gasteiger partial charge in [-0.15, -0.1) is 11.3 Å². The van der Waals surface area contributed by atoms with Crippen molar-refractivity contribution >= 4 is 37.3 Å². The molecule has 1 atom stereocenters. The number of hydrogen-bond acceptors (Lipinski definition) is 3. The molecule has 0 saturated heterocycles. The van der Waals surface area contributed by atoms with Crippen molar-refractivity contribution in [2.24, 2.45) is 0 Å². The summed E-state index contributed by atoms with van der Waals surface area (Å²) >= 11 is 5.02. The Labute approximate surface area is 131 Å². The topological polar surface area (TPSA) is 46.2 Å². The Hall–Kier alpha value is -0.690. The summed E-state index contributed by atoms with van der Waals surface area (Å²) in [5.74, 6) is 0. The molecule has 1 aromatic heterocycles. The summed E-state index contributed by atoms with van der Waals surface area (Å²) in [5.41, 5.74) is 1.14. The van der Waals surface area contributed by atoms with Crippen molar-refractivity contribution in [3.63, 3.8) is 0 Å². The van der Waals surface area contributed by atoms with Gasteiger partial charge >= 0.3 is 0 Å². The van der Waals surface area contributed by atoms with E-state index in [1.165, 1.54) is 4.88 Å². The minimum absolute atomic E-state index is 0.103. The fourth-order valence-electron chi connectivity index (χ4n) is 2.50. The Morgan fingerprint density at radius 3 is 2.95 bits per heavy atom. The molecule has 1 aliphatic rings. The molecular weight excluding hydrogens is 358 g/mol. The minimum atomic E-state index is -3.48. The maximum absolute atomic E-state index is 12.5. The number of nitrogens with one attached hydrogen (secondary N) is 1. The van der Waals surface area contributed by atoms with Crippen LogP contribution in [0, 0.1) is 0 Å². The predicted molar refractivity (Wildman–Crippen MR) is 84.5 cm³/mol. The molecule has 0 amide bonds. The van der Waals surface area contributed by atoms with Crippen LogP contribution in [0.5, 0.6) is 0 Å². The number of aryl methyl sites for hydroxylation is 1. The van der Waals surface area contributed by atoms with E-state index < -0.39 is 10.0 Å². The first-order valence-corrected chi connectivity index (χ1v) is 9.56. The summed E-state index contributed by atoms with van der Waals surface area (Å²) in [7, 11) is -3.48. The Morgan fingerprint density at radius 1 is 1.30 bits per heavy atom. The van der Waals surface area contributed by atoms with Crippen LogP contribution in [0.4, 0.5) is 0 Å². The van der Waals surface area contributed by atoms with Crippen molar-refractivity contribution in [2.45, 2.75) is 30.2 Å². The lowest BCUT2D eigenvalue weighted by Gasteiger charge is -2.23. The summed E-state index contributed by atoms with van der Waals surface area (Å²) in [4.78, 5) is 1.60. The van der Waals surface area contributed by atoms with Crippen LogP contribution in [0.1, 0.15) is 29.3 Å². The molecule has 0 radical (unpaired) electrons. The second-order valence-electron chi connectivity index (χ2n) is 4.82. The van der Waals surface area contributed by atoms with Crippen LogP contribution < -0.4 is 4.72 Å². The summed E-state index contributed by atoms with van der Waals surface area (Å²) in [6.45, 7) is 0. The standard InChI is InChI=1S/C14H14BrNO2S2/c15-10-3-1-4-11(9-10)20(17,18)16-13-5-2-6-14-12(13)7-8-19-14/h1,3-4,7-9,13,16H,2,5-6H2. The molecule has 1 aliphatic carbocycles. The fraction of sp³-hybridized carbons (Fsp3) is 0.286. The predicted octanol–water partition coefficient (Wildman–Crippen LogP) is 3.87. The number of sulfonamides is 1. The Balaban J connectivity index is 1.89. The third kappa shape index (κ3) is 2.83. The van der Waals surface area contributed by atoms with Crippen molar-refractivity contribution in [2.75, 3.05) is 0 Å². The highest BCUT2D eigenvalue weighted by Crippen LogP contribution is 2.34. The van der Waals surface area contributed by atoms with E-state index >= 15 is 0 Å². The third-order valence-electron chi connectivity index (χ3n) is 3.46. The van der Waals surface area contributed by atoms with Gasteiger partial charge in [-0.1, -0.05) is 22.0 Å². The van der Waals surface area contributed by atoms with E-state index in [0.717, 1.165) is 29.3 Å². The number of benzene rings is 1. The van der Waals surface area contributed by atoms with Gasteiger partial charge in [0.1, 0.15) is 0 Å². The lowest BCUT2D eigenvalue weighted by atomic mass is 9.95. The highest BCUT2D eigenvalue weighted by Gasteiger charge is 2.26. The molecular formula is C14H14BrNO2S2. The van der Waals surface area contributed by atoms with E-state index in [1.807, 2.05) is 17.5 Å². The van der Waals surface area contributed by atoms with Crippen LogP contribution in [0.2, 0.25) is 0 Å². The van der Waals surface area contributed by atoms with Crippen molar-refractivity contribution in [3.05, 3.63) is 50.6 Å². The lowest BCUT2D eigenvalue weighted by molar-refractivity contribution is 0.511. The Bertz CT molecular complexity index is 724. The summed E-state index contributed by atoms with van der Waals surface area (Å²) in [6.07, 6.45) is 2.94. The number of halogens is 1. The molecule has 3 nitrogen and oxygen atoms in total. The molecule has 1 N–H and O–H groups in total. The molecule has 0 aliphatic heterocycles. The zero-order valence-electron chi connectivity index (χ0n) is 10.7. The highest BCUT2D eigenvalue weighted by atomic mass is 79.9. The van der Waals surface area contributed by atoms with Crippen molar-refractivity contribution < 1.29 is 8.42 Å². The number of fused-ring (bicyclic) bond motifs is 1. The highest BCUT2D eigenvalue weighted by molar-refractivity contribution is 9.10. The maximum Gasteiger partial charge on any atom is 0.241 e. The van der Waals surface area contributed by atoms with Crippen molar-refractivity contribution in [1.29, 1.82) is 0 Å². The average molecular weight is 372 g/mol. The first kappa shape index (κ1) is 14.3. The first-order chi connectivity index (χ1) is 9.56. The quantitative estimate of drug-likeness (QED) is 0.889. The maximum atomic E-state index is 12.5. The van der Waals surface area contributed by atoms with E-state index in [-0.39, 0.29) is 6.04 Å². The number of rotatable bonds is 3. The zero-order valence-corrected chi connectivity index (χ0v) is 13.9. The van der Waals surface area contributed by atoms with E-state index in [0.29, 0.717) is 4.90 Å².